The van der Waals surface area contributed by atoms with Gasteiger partial charge in [0.15, 0.2) is 0 Å². The minimum Gasteiger partial charge on any atom is -0.497 e. The van der Waals surface area contributed by atoms with Crippen LogP contribution >= 0.6 is 50.1 Å². The van der Waals surface area contributed by atoms with E-state index in [9.17, 15) is 0 Å². The number of hydrogen-bond donors (Lipinski definition) is 0. The molecule has 11 heavy (non-hydrogen) atoms. The van der Waals surface area contributed by atoms with E-state index in [2.05, 4.69) is 38.5 Å². The Balaban J connectivity index is 3.21. The van der Waals surface area contributed by atoms with Crippen LogP contribution in [0.25, 0.3) is 0 Å². The highest BCUT2D eigenvalue weighted by Crippen LogP contribution is 2.31. The van der Waals surface area contributed by atoms with Gasteiger partial charge in [0, 0.05) is 8.04 Å². The van der Waals surface area contributed by atoms with Crippen LogP contribution < -0.4 is 4.74 Å². The number of ether oxygens (including phenoxy) is 1. The zero-order valence-electron chi connectivity index (χ0n) is 5.70. The lowest BCUT2D eigenvalue weighted by atomic mass is 10.3. The fourth-order valence-corrected chi connectivity index (χ4v) is 1.85. The molecule has 0 radical (unpaired) electrons. The highest BCUT2D eigenvalue weighted by Gasteiger charge is 2.03. The molecule has 0 heterocycles. The van der Waals surface area contributed by atoms with E-state index in [-0.39, 0.29) is 0 Å². The first-order chi connectivity index (χ1) is 5.15. The third kappa shape index (κ3) is 2.23. The minimum absolute atomic E-state index is 0.675. The van der Waals surface area contributed by atoms with Gasteiger partial charge in [0.2, 0.25) is 0 Å². The minimum atomic E-state index is 0.675. The van der Waals surface area contributed by atoms with E-state index in [0.29, 0.717) is 5.02 Å². The van der Waals surface area contributed by atoms with Crippen molar-refractivity contribution in [2.75, 3.05) is 7.11 Å². The fraction of sp³-hybridized carbons (Fsp3) is 0.143. The summed E-state index contributed by atoms with van der Waals surface area (Å²) in [7, 11) is 1.62. The van der Waals surface area contributed by atoms with E-state index in [1.165, 1.54) is 0 Å². The first-order valence-electron chi connectivity index (χ1n) is 2.83. The van der Waals surface area contributed by atoms with Gasteiger partial charge < -0.3 is 4.74 Å². The predicted octanol–water partition coefficient (Wildman–Crippen LogP) is 3.72. The molecule has 0 aromatic heterocycles. The molecular weight excluding hydrogens is 342 g/mol. The summed E-state index contributed by atoms with van der Waals surface area (Å²) in [5.74, 6) is 0.780. The van der Waals surface area contributed by atoms with Gasteiger partial charge in [-0.15, -0.1) is 0 Å². The van der Waals surface area contributed by atoms with E-state index in [1.54, 1.807) is 13.2 Å². The molecule has 0 atom stereocenters. The summed E-state index contributed by atoms with van der Waals surface area (Å²) in [5.41, 5.74) is 0. The van der Waals surface area contributed by atoms with Crippen molar-refractivity contribution < 1.29 is 4.74 Å². The molecule has 0 amide bonds. The molecule has 0 bridgehead atoms. The van der Waals surface area contributed by atoms with Gasteiger partial charge in [0.05, 0.1) is 12.1 Å². The molecule has 0 saturated carbocycles. The summed E-state index contributed by atoms with van der Waals surface area (Å²) in [6.45, 7) is 0. The maximum absolute atomic E-state index is 5.87. The molecule has 0 aliphatic carbocycles. The van der Waals surface area contributed by atoms with E-state index in [4.69, 9.17) is 16.3 Å². The second kappa shape index (κ2) is 3.96. The van der Waals surface area contributed by atoms with Crippen LogP contribution in [-0.4, -0.2) is 7.11 Å². The Morgan fingerprint density at radius 2 is 2.18 bits per heavy atom. The van der Waals surface area contributed by atoms with Crippen LogP contribution in [0.3, 0.4) is 0 Å². The quantitative estimate of drug-likeness (QED) is 0.556. The molecule has 1 aromatic carbocycles. The second-order valence-corrected chi connectivity index (χ2v) is 4.27. The van der Waals surface area contributed by atoms with Crippen LogP contribution in [0.1, 0.15) is 0 Å². The maximum atomic E-state index is 5.87. The summed E-state index contributed by atoms with van der Waals surface area (Å²) in [4.78, 5) is 0. The lowest BCUT2D eigenvalue weighted by Gasteiger charge is -2.03. The summed E-state index contributed by atoms with van der Waals surface area (Å²) < 4.78 is 6.99. The maximum Gasteiger partial charge on any atom is 0.121 e. The zero-order chi connectivity index (χ0) is 8.43. The van der Waals surface area contributed by atoms with Crippen LogP contribution in [0.4, 0.5) is 0 Å². The molecule has 0 spiro atoms. The number of rotatable bonds is 1. The van der Waals surface area contributed by atoms with Crippen LogP contribution in [0.2, 0.25) is 5.02 Å². The average Bonchev–Trinajstić information content (AvgIpc) is 1.99. The molecule has 1 aromatic rings. The van der Waals surface area contributed by atoms with Crippen molar-refractivity contribution in [1.82, 2.24) is 0 Å². The number of benzene rings is 1. The van der Waals surface area contributed by atoms with Crippen molar-refractivity contribution in [3.63, 3.8) is 0 Å². The fourth-order valence-electron chi connectivity index (χ4n) is 0.650. The Bertz CT molecular complexity index is 254. The van der Waals surface area contributed by atoms with Crippen molar-refractivity contribution in [2.24, 2.45) is 0 Å². The molecule has 0 saturated heterocycles. The largest absolute Gasteiger partial charge is 0.497 e. The van der Waals surface area contributed by atoms with E-state index >= 15 is 0 Å². The number of hydrogen-bond acceptors (Lipinski definition) is 1. The molecule has 1 nitrogen and oxygen atoms in total. The summed E-state index contributed by atoms with van der Waals surface area (Å²) in [6, 6.07) is 3.68. The third-order valence-electron chi connectivity index (χ3n) is 1.19. The molecule has 0 aliphatic heterocycles. The highest BCUT2D eigenvalue weighted by molar-refractivity contribution is 14.1. The first-order valence-corrected chi connectivity index (χ1v) is 5.08. The van der Waals surface area contributed by atoms with Gasteiger partial charge in [-0.05, 0) is 50.7 Å². The van der Waals surface area contributed by atoms with Crippen molar-refractivity contribution in [1.29, 1.82) is 0 Å². The molecular formula is C7H5BrClIO. The lowest BCUT2D eigenvalue weighted by molar-refractivity contribution is 0.414. The Morgan fingerprint density at radius 3 is 2.64 bits per heavy atom. The summed E-state index contributed by atoms with van der Waals surface area (Å²) in [5, 5.41) is 0.675. The Labute approximate surface area is 92.3 Å². The first kappa shape index (κ1) is 9.61. The van der Waals surface area contributed by atoms with Crippen LogP contribution in [0.5, 0.6) is 5.75 Å². The second-order valence-electron chi connectivity index (χ2n) is 1.91. The monoisotopic (exact) mass is 346 g/mol. The van der Waals surface area contributed by atoms with Crippen LogP contribution in [-0.2, 0) is 0 Å². The normalized spacial score (nSPS) is 9.82. The Hall–Kier alpha value is 0.520. The van der Waals surface area contributed by atoms with Gasteiger partial charge in [0.1, 0.15) is 5.75 Å². The van der Waals surface area contributed by atoms with Gasteiger partial charge in [-0.2, -0.15) is 0 Å². The van der Waals surface area contributed by atoms with E-state index in [0.717, 1.165) is 13.8 Å². The summed E-state index contributed by atoms with van der Waals surface area (Å²) >= 11 is 11.4. The van der Waals surface area contributed by atoms with Gasteiger partial charge in [0.25, 0.3) is 0 Å². The van der Waals surface area contributed by atoms with Gasteiger partial charge in [-0.25, -0.2) is 0 Å². The molecule has 4 heteroatoms. The van der Waals surface area contributed by atoms with Gasteiger partial charge in [-0.1, -0.05) is 11.6 Å². The molecule has 1 rings (SSSR count). The smallest absolute Gasteiger partial charge is 0.121 e. The average molecular weight is 347 g/mol. The molecule has 60 valence electrons. The molecule has 0 fully saturated rings. The van der Waals surface area contributed by atoms with Gasteiger partial charge in [-0.3, -0.25) is 0 Å². The third-order valence-corrected chi connectivity index (χ3v) is 4.17. The zero-order valence-corrected chi connectivity index (χ0v) is 10.2. The van der Waals surface area contributed by atoms with Crippen LogP contribution in [0.15, 0.2) is 16.6 Å². The van der Waals surface area contributed by atoms with E-state index < -0.39 is 0 Å². The molecule has 0 unspecified atom stereocenters. The summed E-state index contributed by atoms with van der Waals surface area (Å²) in [6.07, 6.45) is 0. The lowest BCUT2D eigenvalue weighted by Crippen LogP contribution is -1.84. The van der Waals surface area contributed by atoms with Crippen molar-refractivity contribution in [3.8, 4) is 5.75 Å². The molecule has 0 N–H and O–H groups in total. The predicted molar refractivity (Wildman–Crippen MR) is 58.4 cm³/mol. The van der Waals surface area contributed by atoms with Crippen molar-refractivity contribution in [2.45, 2.75) is 0 Å². The van der Waals surface area contributed by atoms with Crippen molar-refractivity contribution >= 4 is 50.1 Å². The topological polar surface area (TPSA) is 9.23 Å². The van der Waals surface area contributed by atoms with Crippen LogP contribution in [0, 0.1) is 3.57 Å². The Kier molecular flexibility index (Phi) is 3.46. The Morgan fingerprint density at radius 1 is 1.55 bits per heavy atom. The van der Waals surface area contributed by atoms with Crippen molar-refractivity contribution in [3.05, 3.63) is 25.2 Å². The molecule has 0 aliphatic rings. The standard InChI is InChI=1S/C7H5BrClIO/c1-11-4-2-5(9)7(8)6(10)3-4/h2-3H,1H3. The van der Waals surface area contributed by atoms with Gasteiger partial charge >= 0.3 is 0 Å². The van der Waals surface area contributed by atoms with E-state index in [1.807, 2.05) is 6.07 Å². The number of halogens is 3. The SMILES string of the molecule is COc1cc(Cl)c(Br)c(I)c1. The number of methoxy groups -OCH3 is 1. The highest BCUT2D eigenvalue weighted by atomic mass is 127.